The van der Waals surface area contributed by atoms with E-state index in [-0.39, 0.29) is 5.75 Å². The molecule has 0 aliphatic rings. The third-order valence-corrected chi connectivity index (χ3v) is 3.62. The summed E-state index contributed by atoms with van der Waals surface area (Å²) in [7, 11) is 1.62. The first kappa shape index (κ1) is 14.3. The summed E-state index contributed by atoms with van der Waals surface area (Å²) < 4.78 is 11.4. The Bertz CT molecular complexity index is 795. The molecule has 0 spiro atoms. The molecular weight excluding hydrogens is 276 g/mol. The number of benzene rings is 3. The molecule has 0 saturated heterocycles. The van der Waals surface area contributed by atoms with Crippen molar-refractivity contribution in [3.8, 4) is 17.2 Å². The summed E-state index contributed by atoms with van der Waals surface area (Å²) >= 11 is 0. The normalized spacial score (nSPS) is 10.6. The van der Waals surface area contributed by atoms with E-state index in [0.29, 0.717) is 18.1 Å². The minimum Gasteiger partial charge on any atom is -0.507 e. The Morgan fingerprint density at radius 1 is 0.955 bits per heavy atom. The fourth-order valence-corrected chi connectivity index (χ4v) is 2.56. The maximum Gasteiger partial charge on any atom is 0.131 e. The lowest BCUT2D eigenvalue weighted by Crippen LogP contribution is -1.97. The van der Waals surface area contributed by atoms with Crippen LogP contribution in [0.2, 0.25) is 0 Å². The van der Waals surface area contributed by atoms with Crippen molar-refractivity contribution < 1.29 is 14.6 Å². The van der Waals surface area contributed by atoms with Crippen LogP contribution in [0.5, 0.6) is 17.2 Å². The number of phenols is 1. The Kier molecular flexibility index (Phi) is 3.88. The number of fused-ring (bicyclic) bond motifs is 1. The van der Waals surface area contributed by atoms with Gasteiger partial charge < -0.3 is 14.6 Å². The molecule has 3 aromatic carbocycles. The van der Waals surface area contributed by atoms with E-state index in [9.17, 15) is 5.11 Å². The average molecular weight is 294 g/mol. The van der Waals surface area contributed by atoms with Crippen LogP contribution in [-0.2, 0) is 6.61 Å². The van der Waals surface area contributed by atoms with E-state index in [0.717, 1.165) is 21.9 Å². The molecule has 0 aliphatic carbocycles. The van der Waals surface area contributed by atoms with Crippen LogP contribution in [0.15, 0.2) is 54.6 Å². The van der Waals surface area contributed by atoms with Gasteiger partial charge in [-0.15, -0.1) is 0 Å². The molecule has 0 amide bonds. The zero-order valence-corrected chi connectivity index (χ0v) is 12.7. The summed E-state index contributed by atoms with van der Waals surface area (Å²) in [5.41, 5.74) is 2.12. The van der Waals surface area contributed by atoms with E-state index >= 15 is 0 Å². The zero-order chi connectivity index (χ0) is 15.5. The molecule has 3 nitrogen and oxygen atoms in total. The molecule has 0 fully saturated rings. The third-order valence-electron chi connectivity index (χ3n) is 3.62. The Morgan fingerprint density at radius 3 is 2.45 bits per heavy atom. The first-order valence-electron chi connectivity index (χ1n) is 7.16. The second-order valence-corrected chi connectivity index (χ2v) is 5.25. The van der Waals surface area contributed by atoms with Gasteiger partial charge in [0.1, 0.15) is 23.9 Å². The van der Waals surface area contributed by atoms with Crippen molar-refractivity contribution in [1.82, 2.24) is 0 Å². The van der Waals surface area contributed by atoms with Crippen molar-refractivity contribution in [2.75, 3.05) is 7.11 Å². The second kappa shape index (κ2) is 5.98. The third kappa shape index (κ3) is 2.70. The molecule has 3 heteroatoms. The molecule has 0 aromatic heterocycles. The molecule has 0 aliphatic heterocycles. The van der Waals surface area contributed by atoms with Crippen LogP contribution >= 0.6 is 0 Å². The first-order valence-corrected chi connectivity index (χ1v) is 7.16. The van der Waals surface area contributed by atoms with E-state index in [4.69, 9.17) is 9.47 Å². The average Bonchev–Trinajstić information content (AvgIpc) is 2.54. The van der Waals surface area contributed by atoms with Gasteiger partial charge in [-0.2, -0.15) is 0 Å². The number of hydrogen-bond donors (Lipinski definition) is 1. The van der Waals surface area contributed by atoms with Crippen molar-refractivity contribution in [2.45, 2.75) is 13.5 Å². The van der Waals surface area contributed by atoms with Gasteiger partial charge in [0.25, 0.3) is 0 Å². The topological polar surface area (TPSA) is 38.7 Å². The number of aryl methyl sites for hydroxylation is 1. The van der Waals surface area contributed by atoms with Gasteiger partial charge in [-0.3, -0.25) is 0 Å². The minimum atomic E-state index is 0.226. The second-order valence-electron chi connectivity index (χ2n) is 5.25. The van der Waals surface area contributed by atoms with Crippen LogP contribution in [0, 0.1) is 6.92 Å². The lowest BCUT2D eigenvalue weighted by atomic mass is 10.0. The van der Waals surface area contributed by atoms with Crippen LogP contribution < -0.4 is 9.47 Å². The van der Waals surface area contributed by atoms with Crippen molar-refractivity contribution in [3.63, 3.8) is 0 Å². The van der Waals surface area contributed by atoms with E-state index in [1.54, 1.807) is 19.2 Å². The lowest BCUT2D eigenvalue weighted by Gasteiger charge is -2.14. The van der Waals surface area contributed by atoms with Gasteiger partial charge >= 0.3 is 0 Å². The number of ether oxygens (including phenoxy) is 2. The van der Waals surface area contributed by atoms with Gasteiger partial charge in [0.2, 0.25) is 0 Å². The van der Waals surface area contributed by atoms with Gasteiger partial charge in [0.15, 0.2) is 0 Å². The quantitative estimate of drug-likeness (QED) is 0.773. The zero-order valence-electron chi connectivity index (χ0n) is 12.7. The predicted molar refractivity (Wildman–Crippen MR) is 87.7 cm³/mol. The number of aromatic hydroxyl groups is 1. The maximum absolute atomic E-state index is 10.1. The molecule has 0 unspecified atom stereocenters. The molecule has 112 valence electrons. The molecule has 3 aromatic rings. The smallest absolute Gasteiger partial charge is 0.131 e. The SMILES string of the molecule is COc1ccc(O)c2cc(C)cc(OCc3ccccc3)c12. The van der Waals surface area contributed by atoms with E-state index < -0.39 is 0 Å². The molecule has 22 heavy (non-hydrogen) atoms. The monoisotopic (exact) mass is 294 g/mol. The minimum absolute atomic E-state index is 0.226. The fraction of sp³-hybridized carbons (Fsp3) is 0.158. The highest BCUT2D eigenvalue weighted by Crippen LogP contribution is 2.39. The lowest BCUT2D eigenvalue weighted by molar-refractivity contribution is 0.308. The summed E-state index contributed by atoms with van der Waals surface area (Å²) in [6, 6.07) is 17.3. The highest BCUT2D eigenvalue weighted by molar-refractivity contribution is 5.98. The molecule has 0 bridgehead atoms. The summed E-state index contributed by atoms with van der Waals surface area (Å²) in [4.78, 5) is 0. The van der Waals surface area contributed by atoms with Crippen LogP contribution in [-0.4, -0.2) is 12.2 Å². The van der Waals surface area contributed by atoms with Crippen molar-refractivity contribution in [3.05, 3.63) is 65.7 Å². The Morgan fingerprint density at radius 2 is 1.73 bits per heavy atom. The van der Waals surface area contributed by atoms with Crippen LogP contribution in [0.3, 0.4) is 0 Å². The molecule has 0 radical (unpaired) electrons. The first-order chi connectivity index (χ1) is 10.7. The molecule has 3 rings (SSSR count). The summed E-state index contributed by atoms with van der Waals surface area (Å²) in [6.07, 6.45) is 0. The number of methoxy groups -OCH3 is 1. The Hall–Kier alpha value is -2.68. The molecule has 0 saturated carbocycles. The Labute approximate surface area is 129 Å². The van der Waals surface area contributed by atoms with E-state index in [1.807, 2.05) is 49.4 Å². The summed E-state index contributed by atoms with van der Waals surface area (Å²) in [5, 5.41) is 11.6. The molecule has 0 atom stereocenters. The van der Waals surface area contributed by atoms with Gasteiger partial charge in [0, 0.05) is 5.39 Å². The largest absolute Gasteiger partial charge is 0.507 e. The standard InChI is InChI=1S/C19H18O3/c1-13-10-15-16(20)8-9-17(21-2)19(15)18(11-13)22-12-14-6-4-3-5-7-14/h3-11,20H,12H2,1-2H3. The maximum atomic E-state index is 10.1. The van der Waals surface area contributed by atoms with Crippen LogP contribution in [0.4, 0.5) is 0 Å². The van der Waals surface area contributed by atoms with Crippen molar-refractivity contribution >= 4 is 10.8 Å². The highest BCUT2D eigenvalue weighted by Gasteiger charge is 2.13. The molecule has 1 N–H and O–H groups in total. The highest BCUT2D eigenvalue weighted by atomic mass is 16.5. The predicted octanol–water partition coefficient (Wildman–Crippen LogP) is 4.44. The summed E-state index contributed by atoms with van der Waals surface area (Å²) in [6.45, 7) is 2.45. The summed E-state index contributed by atoms with van der Waals surface area (Å²) in [5.74, 6) is 1.63. The fourth-order valence-electron chi connectivity index (χ4n) is 2.56. The van der Waals surface area contributed by atoms with Crippen LogP contribution in [0.25, 0.3) is 10.8 Å². The van der Waals surface area contributed by atoms with Gasteiger partial charge in [0.05, 0.1) is 12.5 Å². The van der Waals surface area contributed by atoms with Crippen LogP contribution in [0.1, 0.15) is 11.1 Å². The molecular formula is C19H18O3. The van der Waals surface area contributed by atoms with Gasteiger partial charge in [-0.05, 0) is 42.3 Å². The Balaban J connectivity index is 2.06. The number of hydrogen-bond acceptors (Lipinski definition) is 3. The van der Waals surface area contributed by atoms with E-state index in [2.05, 4.69) is 0 Å². The molecule has 0 heterocycles. The van der Waals surface area contributed by atoms with Crippen molar-refractivity contribution in [1.29, 1.82) is 0 Å². The van der Waals surface area contributed by atoms with E-state index in [1.165, 1.54) is 0 Å². The number of rotatable bonds is 4. The number of phenolic OH excluding ortho intramolecular Hbond substituents is 1. The van der Waals surface area contributed by atoms with Gasteiger partial charge in [-0.25, -0.2) is 0 Å². The van der Waals surface area contributed by atoms with Crippen molar-refractivity contribution in [2.24, 2.45) is 0 Å². The van der Waals surface area contributed by atoms with Gasteiger partial charge in [-0.1, -0.05) is 30.3 Å².